The van der Waals surface area contributed by atoms with E-state index in [-0.39, 0.29) is 0 Å². The van der Waals surface area contributed by atoms with Gasteiger partial charge in [-0.1, -0.05) is 72.8 Å². The molecule has 0 aliphatic carbocycles. The Morgan fingerprint density at radius 2 is 0.667 bits per heavy atom. The summed E-state index contributed by atoms with van der Waals surface area (Å²) in [6.07, 6.45) is 3.18. The Kier molecular flexibility index (Phi) is 9.92. The molecule has 232 valence electrons. The lowest BCUT2D eigenvalue weighted by Gasteiger charge is -2.22. The lowest BCUT2D eigenvalue weighted by Crippen LogP contribution is -2.04. The van der Waals surface area contributed by atoms with Crippen LogP contribution in [0.3, 0.4) is 0 Å². The number of hydrogen-bond acceptors (Lipinski definition) is 5. The molecule has 0 spiro atoms. The summed E-state index contributed by atoms with van der Waals surface area (Å²) in [5.41, 5.74) is 5.04. The van der Waals surface area contributed by atoms with Gasteiger partial charge in [0.1, 0.15) is 11.5 Å². The molecule has 0 bridgehead atoms. The molecule has 0 fully saturated rings. The molecule has 0 heterocycles. The summed E-state index contributed by atoms with van der Waals surface area (Å²) >= 11 is 0. The summed E-state index contributed by atoms with van der Waals surface area (Å²) in [6.45, 7) is 2.53. The molecule has 45 heavy (non-hydrogen) atoms. The third-order valence-corrected chi connectivity index (χ3v) is 8.91. The highest BCUT2D eigenvalue weighted by molar-refractivity contribution is 6.10. The van der Waals surface area contributed by atoms with Crippen molar-refractivity contribution in [1.29, 1.82) is 0 Å². The fraction of sp³-hybridized carbons (Fsp3) is 0.300. The molecule has 0 aliphatic heterocycles. The van der Waals surface area contributed by atoms with Crippen molar-refractivity contribution in [3.63, 3.8) is 0 Å². The van der Waals surface area contributed by atoms with Gasteiger partial charge in [0, 0.05) is 39.2 Å². The van der Waals surface area contributed by atoms with Crippen LogP contribution in [0.15, 0.2) is 84.9 Å². The van der Waals surface area contributed by atoms with Gasteiger partial charge in [0.15, 0.2) is 0 Å². The van der Waals surface area contributed by atoms with E-state index in [2.05, 4.69) is 84.9 Å². The van der Waals surface area contributed by atoms with Crippen LogP contribution in [0.4, 0.5) is 0 Å². The second kappa shape index (κ2) is 14.4. The molecule has 0 unspecified atom stereocenters. The van der Waals surface area contributed by atoms with Gasteiger partial charge in [0.2, 0.25) is 0 Å². The molecule has 0 amide bonds. The van der Waals surface area contributed by atoms with Crippen LogP contribution >= 0.6 is 0 Å². The predicted octanol–water partition coefficient (Wildman–Crippen LogP) is 8.85. The minimum absolute atomic E-state index is 0.620. The molecule has 0 saturated carbocycles. The van der Waals surface area contributed by atoms with E-state index >= 15 is 0 Å². The zero-order valence-corrected chi connectivity index (χ0v) is 26.8. The quantitative estimate of drug-likeness (QED) is 0.117. The first-order valence-corrected chi connectivity index (χ1v) is 15.8. The van der Waals surface area contributed by atoms with Crippen LogP contribution in [-0.2, 0) is 44.6 Å². The van der Waals surface area contributed by atoms with Gasteiger partial charge in [0.25, 0.3) is 0 Å². The van der Waals surface area contributed by atoms with Crippen molar-refractivity contribution in [2.75, 3.05) is 54.9 Å². The Balaban J connectivity index is 1.64. The molecular formula is C40H42O5. The van der Waals surface area contributed by atoms with Crippen LogP contribution < -0.4 is 4.74 Å². The Morgan fingerprint density at radius 3 is 1.02 bits per heavy atom. The van der Waals surface area contributed by atoms with Gasteiger partial charge >= 0.3 is 0 Å². The van der Waals surface area contributed by atoms with E-state index in [0.29, 0.717) is 26.4 Å². The van der Waals surface area contributed by atoms with E-state index in [1.807, 2.05) is 0 Å². The van der Waals surface area contributed by atoms with Crippen LogP contribution in [0.2, 0.25) is 0 Å². The summed E-state index contributed by atoms with van der Waals surface area (Å²) in [4.78, 5) is 0. The van der Waals surface area contributed by atoms with E-state index in [0.717, 1.165) is 48.0 Å². The predicted molar refractivity (Wildman–Crippen MR) is 185 cm³/mol. The number of ether oxygens (including phenoxy) is 5. The summed E-state index contributed by atoms with van der Waals surface area (Å²) in [6, 6.07) is 30.2. The minimum Gasteiger partial charge on any atom is -0.456 e. The smallest absolute Gasteiger partial charge is 0.135 e. The summed E-state index contributed by atoms with van der Waals surface area (Å²) in [7, 11) is 7.05. The highest BCUT2D eigenvalue weighted by Gasteiger charge is 2.21. The SMILES string of the molecule is COCCc1c2ccccc2c(CCOC)c2c(Oc3cccc4c(CCOC)c5ccccc5c(CCOC)c34)cccc12. The molecular weight excluding hydrogens is 560 g/mol. The maximum absolute atomic E-state index is 7.12. The minimum atomic E-state index is 0.620. The first kappa shape index (κ1) is 31.0. The fourth-order valence-corrected chi connectivity index (χ4v) is 6.93. The molecule has 5 heteroatoms. The molecule has 0 aromatic heterocycles. The number of methoxy groups -OCH3 is 4. The van der Waals surface area contributed by atoms with Crippen molar-refractivity contribution < 1.29 is 23.7 Å². The third kappa shape index (κ3) is 6.01. The van der Waals surface area contributed by atoms with Gasteiger partial charge < -0.3 is 23.7 Å². The molecule has 0 saturated heterocycles. The van der Waals surface area contributed by atoms with Crippen molar-refractivity contribution in [3.8, 4) is 11.5 Å². The van der Waals surface area contributed by atoms with Crippen molar-refractivity contribution >= 4 is 43.1 Å². The van der Waals surface area contributed by atoms with Gasteiger partial charge in [-0.15, -0.1) is 0 Å². The van der Waals surface area contributed by atoms with Crippen LogP contribution in [0.25, 0.3) is 43.1 Å². The maximum Gasteiger partial charge on any atom is 0.135 e. The second-order valence-electron chi connectivity index (χ2n) is 11.4. The largest absolute Gasteiger partial charge is 0.456 e. The number of fused-ring (bicyclic) bond motifs is 4. The van der Waals surface area contributed by atoms with Gasteiger partial charge in [-0.2, -0.15) is 0 Å². The van der Waals surface area contributed by atoms with E-state index in [1.165, 1.54) is 54.6 Å². The Morgan fingerprint density at radius 1 is 0.356 bits per heavy atom. The molecule has 6 aromatic carbocycles. The molecule has 6 aromatic rings. The highest BCUT2D eigenvalue weighted by atomic mass is 16.5. The van der Waals surface area contributed by atoms with Crippen molar-refractivity contribution in [2.24, 2.45) is 0 Å². The molecule has 0 atom stereocenters. The molecule has 0 aliphatic rings. The van der Waals surface area contributed by atoms with Crippen molar-refractivity contribution in [1.82, 2.24) is 0 Å². The average molecular weight is 603 g/mol. The van der Waals surface area contributed by atoms with Gasteiger partial charge in [0.05, 0.1) is 26.4 Å². The number of benzene rings is 6. The average Bonchev–Trinajstić information content (AvgIpc) is 3.08. The fourth-order valence-electron chi connectivity index (χ4n) is 6.93. The van der Waals surface area contributed by atoms with Crippen LogP contribution in [0, 0.1) is 0 Å². The highest BCUT2D eigenvalue weighted by Crippen LogP contribution is 2.44. The standard InChI is InChI=1S/C40H42O5/c1-41-23-19-31-27-11-5-7-13-29(27)35(21-25-43-3)39-33(31)15-9-17-37(39)45-38-18-10-16-34-32(20-24-42-2)28-12-6-8-14-30(28)36(40(34)38)22-26-44-4/h5-18H,19-26H2,1-4H3. The zero-order valence-electron chi connectivity index (χ0n) is 26.8. The molecule has 0 radical (unpaired) electrons. The Labute approximate surface area is 265 Å². The van der Waals surface area contributed by atoms with Crippen LogP contribution in [0.1, 0.15) is 22.3 Å². The normalized spacial score (nSPS) is 11.7. The lowest BCUT2D eigenvalue weighted by molar-refractivity contribution is 0.202. The number of hydrogen-bond donors (Lipinski definition) is 0. The molecule has 0 N–H and O–H groups in total. The summed E-state index contributed by atoms with van der Waals surface area (Å²) in [5.74, 6) is 1.69. The summed E-state index contributed by atoms with van der Waals surface area (Å²) in [5, 5.41) is 9.64. The third-order valence-electron chi connectivity index (χ3n) is 8.91. The number of rotatable bonds is 14. The van der Waals surface area contributed by atoms with Gasteiger partial charge in [-0.05, 0) is 92.4 Å². The zero-order chi connectivity index (χ0) is 31.2. The van der Waals surface area contributed by atoms with Crippen molar-refractivity contribution in [2.45, 2.75) is 25.7 Å². The topological polar surface area (TPSA) is 46.2 Å². The Bertz CT molecular complexity index is 1800. The van der Waals surface area contributed by atoms with E-state index in [1.54, 1.807) is 28.4 Å². The lowest BCUT2D eigenvalue weighted by atomic mass is 9.88. The van der Waals surface area contributed by atoms with E-state index in [9.17, 15) is 0 Å². The molecule has 6 rings (SSSR count). The van der Waals surface area contributed by atoms with Crippen molar-refractivity contribution in [3.05, 3.63) is 107 Å². The first-order valence-electron chi connectivity index (χ1n) is 15.8. The first-order chi connectivity index (χ1) is 22.2. The Hall–Kier alpha value is -4.00. The maximum atomic E-state index is 7.12. The molecule has 5 nitrogen and oxygen atoms in total. The van der Waals surface area contributed by atoms with Gasteiger partial charge in [-0.25, -0.2) is 0 Å². The van der Waals surface area contributed by atoms with Gasteiger partial charge in [-0.3, -0.25) is 0 Å². The summed E-state index contributed by atoms with van der Waals surface area (Å²) < 4.78 is 29.5. The monoisotopic (exact) mass is 602 g/mol. The van der Waals surface area contributed by atoms with Crippen LogP contribution in [0.5, 0.6) is 11.5 Å². The van der Waals surface area contributed by atoms with E-state index in [4.69, 9.17) is 23.7 Å². The van der Waals surface area contributed by atoms with Crippen LogP contribution in [-0.4, -0.2) is 54.9 Å². The van der Waals surface area contributed by atoms with E-state index < -0.39 is 0 Å². The second-order valence-corrected chi connectivity index (χ2v) is 11.4.